The Labute approximate surface area is 364 Å². The number of aliphatic carboxylic acids is 1. The number of carboxylic acids is 1. The summed E-state index contributed by atoms with van der Waals surface area (Å²) in [5.41, 5.74) is 0.443. The number of benzene rings is 2. The van der Waals surface area contributed by atoms with Gasteiger partial charge in [-0.25, -0.2) is 4.79 Å². The van der Waals surface area contributed by atoms with Gasteiger partial charge < -0.3 is 45.3 Å². The highest BCUT2D eigenvalue weighted by atomic mass is 35.5. The molecule has 0 saturated heterocycles. The highest BCUT2D eigenvalue weighted by Crippen LogP contribution is 2.41. The fourth-order valence-electron chi connectivity index (χ4n) is 6.69. The Balaban J connectivity index is 1.01. The molecule has 2 aliphatic rings. The molecule has 2 aromatic carbocycles. The molecule has 19 heteroatoms. The number of hydrogen-bond donors (Lipinski definition) is 5. The van der Waals surface area contributed by atoms with Gasteiger partial charge in [-0.1, -0.05) is 54.2 Å². The van der Waals surface area contributed by atoms with Crippen molar-refractivity contribution in [1.29, 1.82) is 0 Å². The first-order chi connectivity index (χ1) is 29.4. The van der Waals surface area contributed by atoms with Crippen molar-refractivity contribution in [2.75, 3.05) is 77.8 Å². The van der Waals surface area contributed by atoms with Gasteiger partial charge in [0.15, 0.2) is 0 Å². The van der Waals surface area contributed by atoms with Gasteiger partial charge in [-0.15, -0.1) is 0 Å². The number of carbonyl (C=O) groups excluding carboxylic acids is 6. The Hall–Kier alpha value is -4.91. The van der Waals surface area contributed by atoms with Crippen LogP contribution in [0, 0.1) is 5.41 Å². The first-order valence-corrected chi connectivity index (χ1v) is 20.9. The largest absolute Gasteiger partial charge is 0.480 e. The molecule has 0 radical (unpaired) electrons. The van der Waals surface area contributed by atoms with Gasteiger partial charge >= 0.3 is 5.97 Å². The Morgan fingerprint density at radius 1 is 0.721 bits per heavy atom. The van der Waals surface area contributed by atoms with Crippen molar-refractivity contribution in [3.63, 3.8) is 0 Å². The Kier molecular flexibility index (Phi) is 20.6. The highest BCUT2D eigenvalue weighted by Gasteiger charge is 2.42. The van der Waals surface area contributed by atoms with Crippen LogP contribution in [0.2, 0.25) is 10.0 Å². The standard InChI is InChI=1S/C42H53Cl2N5O12/c43-31-4-3-5-32(44)38(31)39(54)47-30-8-6-29(7-9-30)28-33(40(55)56)48-41(57)42(14-1-2-15-42)16-17-45-35(51)13-20-58-22-24-60-26-27-61-25-23-59-21-18-46-34(50)12-19-49-36(52)10-11-37(49)53/h3-11,33H,1-2,12-28H2,(H,45,51)(H,46,50)(H,47,54)(H,48,57)(H,55,56)/t33-/m0/s1. The molecule has 332 valence electrons. The summed E-state index contributed by atoms with van der Waals surface area (Å²) < 4.78 is 21.8. The van der Waals surface area contributed by atoms with Gasteiger partial charge in [0.2, 0.25) is 17.7 Å². The first-order valence-electron chi connectivity index (χ1n) is 20.1. The van der Waals surface area contributed by atoms with Crippen LogP contribution in [0.5, 0.6) is 0 Å². The lowest BCUT2D eigenvalue weighted by Crippen LogP contribution is -2.49. The Morgan fingerprint density at radius 2 is 1.26 bits per heavy atom. The molecular formula is C42H53Cl2N5O12. The van der Waals surface area contributed by atoms with Crippen LogP contribution in [0.25, 0.3) is 0 Å². The minimum Gasteiger partial charge on any atom is -0.480 e. The maximum absolute atomic E-state index is 13.6. The van der Waals surface area contributed by atoms with E-state index >= 15 is 0 Å². The summed E-state index contributed by atoms with van der Waals surface area (Å²) in [4.78, 5) is 86.9. The van der Waals surface area contributed by atoms with Crippen LogP contribution in [0.3, 0.4) is 0 Å². The molecule has 0 spiro atoms. The van der Waals surface area contributed by atoms with E-state index < -0.39 is 35.1 Å². The molecule has 1 fully saturated rings. The van der Waals surface area contributed by atoms with Crippen molar-refractivity contribution in [1.82, 2.24) is 20.9 Å². The van der Waals surface area contributed by atoms with Gasteiger partial charge in [0.25, 0.3) is 17.7 Å². The van der Waals surface area contributed by atoms with E-state index in [1.54, 1.807) is 42.5 Å². The minimum atomic E-state index is -1.18. The number of carbonyl (C=O) groups is 7. The van der Waals surface area contributed by atoms with Crippen LogP contribution in [-0.4, -0.2) is 130 Å². The van der Waals surface area contributed by atoms with Crippen LogP contribution >= 0.6 is 23.2 Å². The van der Waals surface area contributed by atoms with E-state index in [4.69, 9.17) is 42.1 Å². The van der Waals surface area contributed by atoms with Crippen molar-refractivity contribution in [3.05, 3.63) is 75.8 Å². The van der Waals surface area contributed by atoms with E-state index in [0.717, 1.165) is 17.7 Å². The third-order valence-corrected chi connectivity index (χ3v) is 10.7. The topological polar surface area (TPSA) is 228 Å². The predicted molar refractivity (Wildman–Crippen MR) is 224 cm³/mol. The van der Waals surface area contributed by atoms with Crippen LogP contribution in [-0.2, 0) is 54.1 Å². The number of imide groups is 1. The van der Waals surface area contributed by atoms with Crippen molar-refractivity contribution in [2.24, 2.45) is 5.41 Å². The lowest BCUT2D eigenvalue weighted by Gasteiger charge is -2.29. The summed E-state index contributed by atoms with van der Waals surface area (Å²) >= 11 is 12.3. The molecule has 1 saturated carbocycles. The number of anilines is 1. The van der Waals surface area contributed by atoms with Crippen molar-refractivity contribution in [3.8, 4) is 0 Å². The number of amides is 6. The molecule has 1 aliphatic carbocycles. The fraction of sp³-hybridized carbons (Fsp3) is 0.500. The monoisotopic (exact) mass is 889 g/mol. The summed E-state index contributed by atoms with van der Waals surface area (Å²) in [6, 6.07) is 10.2. The molecular weight excluding hydrogens is 837 g/mol. The molecule has 6 amide bonds. The molecule has 1 atom stereocenters. The zero-order valence-corrected chi connectivity index (χ0v) is 35.4. The van der Waals surface area contributed by atoms with Crippen LogP contribution in [0.4, 0.5) is 5.69 Å². The number of ether oxygens (including phenoxy) is 4. The Morgan fingerprint density at radius 3 is 1.85 bits per heavy atom. The smallest absolute Gasteiger partial charge is 0.326 e. The zero-order chi connectivity index (χ0) is 44.0. The van der Waals surface area contributed by atoms with Crippen molar-refractivity contribution < 1.29 is 57.6 Å². The third-order valence-electron chi connectivity index (χ3n) is 10.0. The fourth-order valence-corrected chi connectivity index (χ4v) is 7.26. The SMILES string of the molecule is O=C(CCOCCOCCOCCOCCNC(=O)CCN1C(=O)C=CC1=O)NCCC1(C(=O)N[C@@H](Cc2ccc(NC(=O)c3c(Cl)cccc3Cl)cc2)C(=O)O)CCCC1. The van der Waals surface area contributed by atoms with E-state index in [1.165, 1.54) is 12.2 Å². The number of nitrogens with one attached hydrogen (secondary N) is 4. The second-order valence-corrected chi connectivity index (χ2v) is 15.2. The number of nitrogens with zero attached hydrogens (tertiary/aromatic N) is 1. The molecule has 5 N–H and O–H groups in total. The maximum atomic E-state index is 13.6. The summed E-state index contributed by atoms with van der Waals surface area (Å²) in [6.07, 6.45) is 5.70. The Bertz CT molecular complexity index is 1820. The van der Waals surface area contributed by atoms with Crippen molar-refractivity contribution >= 4 is 70.3 Å². The summed E-state index contributed by atoms with van der Waals surface area (Å²) in [5, 5.41) is 21.4. The maximum Gasteiger partial charge on any atom is 0.326 e. The second-order valence-electron chi connectivity index (χ2n) is 14.4. The molecule has 4 rings (SSSR count). The highest BCUT2D eigenvalue weighted by molar-refractivity contribution is 6.40. The lowest BCUT2D eigenvalue weighted by atomic mass is 9.81. The molecule has 1 heterocycles. The van der Waals surface area contributed by atoms with E-state index in [1.807, 2.05) is 0 Å². The summed E-state index contributed by atoms with van der Waals surface area (Å²) in [7, 11) is 0. The molecule has 2 aromatic rings. The van der Waals surface area contributed by atoms with E-state index in [-0.39, 0.29) is 92.0 Å². The average molecular weight is 891 g/mol. The number of halogens is 2. The molecule has 1 aliphatic heterocycles. The number of hydrogen-bond acceptors (Lipinski definition) is 11. The molecule has 0 bridgehead atoms. The van der Waals surface area contributed by atoms with Crippen LogP contribution < -0.4 is 21.3 Å². The van der Waals surface area contributed by atoms with Gasteiger partial charge in [0.05, 0.1) is 73.9 Å². The normalized spacial score (nSPS) is 14.8. The summed E-state index contributed by atoms with van der Waals surface area (Å²) in [6.45, 7) is 3.01. The van der Waals surface area contributed by atoms with Gasteiger partial charge in [-0.05, 0) is 49.1 Å². The minimum absolute atomic E-state index is 0.0184. The summed E-state index contributed by atoms with van der Waals surface area (Å²) in [5.74, 6) is -3.37. The van der Waals surface area contributed by atoms with E-state index in [9.17, 15) is 38.7 Å². The van der Waals surface area contributed by atoms with Crippen LogP contribution in [0.15, 0.2) is 54.6 Å². The van der Waals surface area contributed by atoms with Gasteiger partial charge in [0, 0.05) is 56.7 Å². The van der Waals surface area contributed by atoms with Gasteiger partial charge in [0.1, 0.15) is 6.04 Å². The van der Waals surface area contributed by atoms with E-state index in [2.05, 4.69) is 21.3 Å². The predicted octanol–water partition coefficient (Wildman–Crippen LogP) is 3.31. The molecule has 0 unspecified atom stereocenters. The van der Waals surface area contributed by atoms with Gasteiger partial charge in [-0.3, -0.25) is 33.7 Å². The van der Waals surface area contributed by atoms with E-state index in [0.29, 0.717) is 63.5 Å². The quantitative estimate of drug-likeness (QED) is 0.0613. The molecule has 0 aromatic heterocycles. The third kappa shape index (κ3) is 16.5. The first kappa shape index (κ1) is 48.8. The average Bonchev–Trinajstić information content (AvgIpc) is 3.84. The zero-order valence-electron chi connectivity index (χ0n) is 33.8. The second kappa shape index (κ2) is 25.8. The van der Waals surface area contributed by atoms with Gasteiger partial charge in [-0.2, -0.15) is 0 Å². The van der Waals surface area contributed by atoms with Crippen LogP contribution in [0.1, 0.15) is 60.9 Å². The molecule has 61 heavy (non-hydrogen) atoms. The lowest BCUT2D eigenvalue weighted by molar-refractivity contribution is -0.144. The number of rotatable bonds is 28. The number of carboxylic acid groups (broad SMARTS) is 1. The van der Waals surface area contributed by atoms with Crippen molar-refractivity contribution in [2.45, 2.75) is 57.4 Å². The molecule has 17 nitrogen and oxygen atoms in total.